The third kappa shape index (κ3) is 3.76. The molecule has 0 radical (unpaired) electrons. The third-order valence-electron chi connectivity index (χ3n) is 2.06. The Morgan fingerprint density at radius 3 is 2.71 bits per heavy atom. The molecule has 3 N–H and O–H groups in total. The van der Waals surface area contributed by atoms with Gasteiger partial charge in [0.15, 0.2) is 0 Å². The molecule has 1 aromatic carbocycles. The number of ether oxygens (including phenoxy) is 1. The fourth-order valence-electron chi connectivity index (χ4n) is 1.25. The van der Waals surface area contributed by atoms with Gasteiger partial charge in [-0.1, -0.05) is 17.3 Å². The van der Waals surface area contributed by atoms with Crippen LogP contribution in [0.25, 0.3) is 0 Å². The minimum absolute atomic E-state index is 0.213. The van der Waals surface area contributed by atoms with Crippen LogP contribution < -0.4 is 10.2 Å². The SMILES string of the molecule is COc1ccccc1N=C(C/C(C)=N/O)NO. The molecule has 0 aliphatic rings. The lowest BCUT2D eigenvalue weighted by Crippen LogP contribution is -2.21. The number of methoxy groups -OCH3 is 1. The van der Waals surface area contributed by atoms with Crippen molar-refractivity contribution in [3.05, 3.63) is 24.3 Å². The monoisotopic (exact) mass is 237 g/mol. The number of hydrogen-bond donors (Lipinski definition) is 3. The lowest BCUT2D eigenvalue weighted by Gasteiger charge is -2.06. The maximum Gasteiger partial charge on any atom is 0.144 e. The zero-order valence-corrected chi connectivity index (χ0v) is 9.71. The van der Waals surface area contributed by atoms with Gasteiger partial charge in [0.25, 0.3) is 0 Å². The van der Waals surface area contributed by atoms with E-state index in [1.165, 1.54) is 0 Å². The van der Waals surface area contributed by atoms with Crippen LogP contribution in [0.5, 0.6) is 5.75 Å². The van der Waals surface area contributed by atoms with E-state index in [2.05, 4.69) is 10.1 Å². The largest absolute Gasteiger partial charge is 0.494 e. The van der Waals surface area contributed by atoms with Crippen LogP contribution in [0.1, 0.15) is 13.3 Å². The summed E-state index contributed by atoms with van der Waals surface area (Å²) >= 11 is 0. The summed E-state index contributed by atoms with van der Waals surface area (Å²) in [6, 6.07) is 7.15. The number of oxime groups is 1. The van der Waals surface area contributed by atoms with Gasteiger partial charge in [-0.2, -0.15) is 0 Å². The van der Waals surface area contributed by atoms with Crippen molar-refractivity contribution in [2.45, 2.75) is 13.3 Å². The highest BCUT2D eigenvalue weighted by Gasteiger charge is 2.04. The minimum Gasteiger partial charge on any atom is -0.494 e. The van der Waals surface area contributed by atoms with Gasteiger partial charge in [0.05, 0.1) is 12.8 Å². The van der Waals surface area contributed by atoms with E-state index in [-0.39, 0.29) is 12.3 Å². The van der Waals surface area contributed by atoms with Gasteiger partial charge in [-0.15, -0.1) is 0 Å². The Hall–Kier alpha value is -2.08. The van der Waals surface area contributed by atoms with Crippen molar-refractivity contribution >= 4 is 17.2 Å². The predicted molar refractivity (Wildman–Crippen MR) is 64.5 cm³/mol. The maximum absolute atomic E-state index is 8.94. The van der Waals surface area contributed by atoms with Crippen molar-refractivity contribution in [1.29, 1.82) is 0 Å². The topological polar surface area (TPSA) is 86.4 Å². The molecule has 0 saturated heterocycles. The van der Waals surface area contributed by atoms with Gasteiger partial charge in [-0.3, -0.25) is 10.7 Å². The molecule has 1 rings (SSSR count). The van der Waals surface area contributed by atoms with E-state index < -0.39 is 0 Å². The van der Waals surface area contributed by atoms with Crippen molar-refractivity contribution in [3.8, 4) is 5.75 Å². The van der Waals surface area contributed by atoms with Crippen LogP contribution in [0.3, 0.4) is 0 Å². The number of hydroxylamine groups is 1. The molecule has 0 unspecified atom stereocenters. The highest BCUT2D eigenvalue weighted by molar-refractivity contribution is 6.02. The zero-order valence-electron chi connectivity index (χ0n) is 9.71. The molecular weight excluding hydrogens is 222 g/mol. The summed E-state index contributed by atoms with van der Waals surface area (Å²) in [6.07, 6.45) is 0.213. The van der Waals surface area contributed by atoms with E-state index in [1.54, 1.807) is 26.2 Å². The highest BCUT2D eigenvalue weighted by atomic mass is 16.5. The van der Waals surface area contributed by atoms with Gasteiger partial charge in [-0.05, 0) is 19.1 Å². The molecule has 1 aromatic rings. The summed E-state index contributed by atoms with van der Waals surface area (Å²) in [4.78, 5) is 4.17. The lowest BCUT2D eigenvalue weighted by atomic mass is 10.2. The first-order chi connectivity index (χ1) is 8.21. The van der Waals surface area contributed by atoms with Crippen LogP contribution in [-0.4, -0.2) is 29.1 Å². The molecule has 0 atom stereocenters. The van der Waals surface area contributed by atoms with E-state index in [0.29, 0.717) is 17.1 Å². The summed E-state index contributed by atoms with van der Waals surface area (Å²) < 4.78 is 5.13. The van der Waals surface area contributed by atoms with Crippen molar-refractivity contribution in [1.82, 2.24) is 5.48 Å². The second-order valence-corrected chi connectivity index (χ2v) is 3.35. The van der Waals surface area contributed by atoms with Gasteiger partial charge < -0.3 is 9.94 Å². The van der Waals surface area contributed by atoms with E-state index in [4.69, 9.17) is 15.2 Å². The molecule has 6 heteroatoms. The molecule has 0 aromatic heterocycles. The van der Waals surface area contributed by atoms with Gasteiger partial charge >= 0.3 is 0 Å². The number of nitrogens with zero attached hydrogens (tertiary/aromatic N) is 2. The zero-order chi connectivity index (χ0) is 12.7. The Balaban J connectivity index is 2.97. The molecular formula is C11H15N3O3. The van der Waals surface area contributed by atoms with E-state index >= 15 is 0 Å². The van der Waals surface area contributed by atoms with E-state index in [0.717, 1.165) is 0 Å². The molecule has 0 bridgehead atoms. The van der Waals surface area contributed by atoms with Gasteiger partial charge in [0.2, 0.25) is 0 Å². The van der Waals surface area contributed by atoms with E-state index in [9.17, 15) is 0 Å². The minimum atomic E-state index is 0.213. The van der Waals surface area contributed by atoms with Crippen molar-refractivity contribution in [2.24, 2.45) is 10.1 Å². The number of benzene rings is 1. The molecule has 0 heterocycles. The van der Waals surface area contributed by atoms with Crippen LogP contribution >= 0.6 is 0 Å². The molecule has 17 heavy (non-hydrogen) atoms. The number of aliphatic imine (C=N–C) groups is 1. The second kappa shape index (κ2) is 6.49. The first-order valence-corrected chi connectivity index (χ1v) is 4.99. The van der Waals surface area contributed by atoms with Crippen LogP contribution in [0.15, 0.2) is 34.4 Å². The van der Waals surface area contributed by atoms with Crippen molar-refractivity contribution in [2.75, 3.05) is 7.11 Å². The first kappa shape index (κ1) is 13.0. The molecule has 0 aliphatic heterocycles. The quantitative estimate of drug-likeness (QED) is 0.323. The Kier molecular flexibility index (Phi) is 4.96. The highest BCUT2D eigenvalue weighted by Crippen LogP contribution is 2.26. The summed E-state index contributed by atoms with van der Waals surface area (Å²) in [5.74, 6) is 0.864. The van der Waals surface area contributed by atoms with Gasteiger partial charge in [0.1, 0.15) is 17.3 Å². The summed E-state index contributed by atoms with van der Waals surface area (Å²) in [5, 5.41) is 20.5. The van der Waals surface area contributed by atoms with Crippen LogP contribution in [0.4, 0.5) is 5.69 Å². The van der Waals surface area contributed by atoms with Gasteiger partial charge in [0, 0.05) is 6.42 Å². The fraction of sp³-hybridized carbons (Fsp3) is 0.273. The third-order valence-corrected chi connectivity index (χ3v) is 2.06. The van der Waals surface area contributed by atoms with Crippen LogP contribution in [0.2, 0.25) is 0 Å². The molecule has 0 fully saturated rings. The Labute approximate surface area is 99.2 Å². The van der Waals surface area contributed by atoms with E-state index in [1.807, 2.05) is 17.6 Å². The molecule has 0 spiro atoms. The number of amidine groups is 1. The molecule has 6 nitrogen and oxygen atoms in total. The molecule has 0 aliphatic carbocycles. The number of para-hydroxylation sites is 2. The normalized spacial score (nSPS) is 12.4. The molecule has 0 amide bonds. The lowest BCUT2D eigenvalue weighted by molar-refractivity contribution is 0.233. The summed E-state index contributed by atoms with van der Waals surface area (Å²) in [6.45, 7) is 1.62. The fourth-order valence-corrected chi connectivity index (χ4v) is 1.25. The standard InChI is InChI=1S/C11H15N3O3/c1-8(13-15)7-11(14-16)12-9-5-3-4-6-10(9)17-2/h3-6,15-16H,7H2,1-2H3,(H,12,14)/b13-8+. The van der Waals surface area contributed by atoms with Crippen molar-refractivity contribution in [3.63, 3.8) is 0 Å². The Bertz CT molecular complexity index is 430. The average Bonchev–Trinajstić information content (AvgIpc) is 2.38. The maximum atomic E-state index is 8.94. The number of nitrogens with one attached hydrogen (secondary N) is 1. The summed E-state index contributed by atoms with van der Waals surface area (Å²) in [7, 11) is 1.54. The second-order valence-electron chi connectivity index (χ2n) is 3.35. The predicted octanol–water partition coefficient (Wildman–Crippen LogP) is 1.94. The number of rotatable bonds is 4. The van der Waals surface area contributed by atoms with Crippen molar-refractivity contribution < 1.29 is 15.2 Å². The van der Waals surface area contributed by atoms with Crippen LogP contribution in [-0.2, 0) is 0 Å². The Morgan fingerprint density at radius 1 is 1.41 bits per heavy atom. The molecule has 0 saturated carbocycles. The summed E-state index contributed by atoms with van der Waals surface area (Å²) in [5.41, 5.74) is 2.98. The first-order valence-electron chi connectivity index (χ1n) is 4.99. The molecule has 92 valence electrons. The van der Waals surface area contributed by atoms with Crippen LogP contribution in [0, 0.1) is 0 Å². The average molecular weight is 237 g/mol. The smallest absolute Gasteiger partial charge is 0.144 e. The Morgan fingerprint density at radius 2 is 2.12 bits per heavy atom. The van der Waals surface area contributed by atoms with Gasteiger partial charge in [-0.25, -0.2) is 4.99 Å². The number of hydrogen-bond acceptors (Lipinski definition) is 5.